The molecule has 0 fully saturated rings. The Hall–Kier alpha value is -2.84. The van der Waals surface area contributed by atoms with Crippen LogP contribution in [0.25, 0.3) is 11.8 Å². The molecule has 0 unspecified atom stereocenters. The van der Waals surface area contributed by atoms with Gasteiger partial charge in [0.15, 0.2) is 0 Å². The number of aromatic nitrogens is 1. The number of carbonyl (C=O) groups is 1. The first-order chi connectivity index (χ1) is 11.9. The third-order valence-electron chi connectivity index (χ3n) is 4.20. The fourth-order valence-electron chi connectivity index (χ4n) is 2.78. The number of nitriles is 1. The Morgan fingerprint density at radius 1 is 1.28 bits per heavy atom. The van der Waals surface area contributed by atoms with Gasteiger partial charge in [-0.1, -0.05) is 17.7 Å². The van der Waals surface area contributed by atoms with Gasteiger partial charge in [-0.15, -0.1) is 0 Å². The Bertz CT molecular complexity index is 839. The second-order valence-electron chi connectivity index (χ2n) is 6.12. The molecule has 2 aromatic rings. The van der Waals surface area contributed by atoms with Gasteiger partial charge < -0.3 is 14.6 Å². The number of benzene rings is 1. The molecule has 2 rings (SSSR count). The van der Waals surface area contributed by atoms with E-state index >= 15 is 0 Å². The zero-order valence-electron chi connectivity index (χ0n) is 15.1. The van der Waals surface area contributed by atoms with E-state index in [1.54, 1.807) is 13.1 Å². The average molecular weight is 337 g/mol. The minimum atomic E-state index is -0.392. The van der Waals surface area contributed by atoms with Crippen molar-refractivity contribution in [1.82, 2.24) is 9.47 Å². The van der Waals surface area contributed by atoms with E-state index in [2.05, 4.69) is 16.7 Å². The van der Waals surface area contributed by atoms with Crippen molar-refractivity contribution in [3.63, 3.8) is 0 Å². The summed E-state index contributed by atoms with van der Waals surface area (Å²) in [6.45, 7) is 6.07. The molecule has 5 nitrogen and oxygen atoms in total. The van der Waals surface area contributed by atoms with Gasteiger partial charge in [0.2, 0.25) is 0 Å². The van der Waals surface area contributed by atoms with Crippen LogP contribution in [0.1, 0.15) is 22.5 Å². The lowest BCUT2D eigenvalue weighted by Gasteiger charge is -2.14. The lowest BCUT2D eigenvalue weighted by molar-refractivity contribution is -0.125. The second kappa shape index (κ2) is 7.82. The molecule has 0 saturated heterocycles. The van der Waals surface area contributed by atoms with Crippen LogP contribution in [0.15, 0.2) is 35.9 Å². The highest BCUT2D eigenvalue weighted by atomic mass is 16.3. The van der Waals surface area contributed by atoms with E-state index < -0.39 is 5.91 Å². The predicted octanol–water partition coefficient (Wildman–Crippen LogP) is 2.76. The highest BCUT2D eigenvalue weighted by Gasteiger charge is 2.16. The van der Waals surface area contributed by atoms with E-state index in [1.165, 1.54) is 10.5 Å². The first-order valence-electron chi connectivity index (χ1n) is 8.13. The fourth-order valence-corrected chi connectivity index (χ4v) is 2.78. The van der Waals surface area contributed by atoms with Crippen molar-refractivity contribution < 1.29 is 9.90 Å². The number of aliphatic hydroxyl groups is 1. The number of amides is 1. The van der Waals surface area contributed by atoms with E-state index in [-0.39, 0.29) is 18.7 Å². The van der Waals surface area contributed by atoms with Gasteiger partial charge in [-0.3, -0.25) is 4.79 Å². The largest absolute Gasteiger partial charge is 0.395 e. The molecule has 0 aliphatic carbocycles. The number of likely N-dealkylation sites (N-methyl/N-ethyl adjacent to an activating group) is 1. The highest BCUT2D eigenvalue weighted by Crippen LogP contribution is 2.23. The third kappa shape index (κ3) is 3.98. The summed E-state index contributed by atoms with van der Waals surface area (Å²) >= 11 is 0. The van der Waals surface area contributed by atoms with Crippen molar-refractivity contribution in [2.24, 2.45) is 0 Å². The Labute approximate surface area is 148 Å². The minimum absolute atomic E-state index is 0.0557. The van der Waals surface area contributed by atoms with Crippen molar-refractivity contribution in [2.45, 2.75) is 20.8 Å². The van der Waals surface area contributed by atoms with Crippen molar-refractivity contribution in [2.75, 3.05) is 20.2 Å². The molecule has 1 aromatic carbocycles. The van der Waals surface area contributed by atoms with Gasteiger partial charge in [0.05, 0.1) is 6.61 Å². The molecule has 0 bridgehead atoms. The second-order valence-corrected chi connectivity index (χ2v) is 6.12. The summed E-state index contributed by atoms with van der Waals surface area (Å²) in [7, 11) is 1.57. The molecule has 0 atom stereocenters. The molecule has 1 N–H and O–H groups in total. The van der Waals surface area contributed by atoms with E-state index in [4.69, 9.17) is 5.11 Å². The van der Waals surface area contributed by atoms with Crippen molar-refractivity contribution >= 4 is 12.0 Å². The lowest BCUT2D eigenvalue weighted by atomic mass is 10.1. The van der Waals surface area contributed by atoms with Gasteiger partial charge in [0.25, 0.3) is 5.91 Å². The third-order valence-corrected chi connectivity index (χ3v) is 4.20. The molecule has 1 amide bonds. The molecule has 5 heteroatoms. The van der Waals surface area contributed by atoms with Gasteiger partial charge in [0, 0.05) is 30.7 Å². The highest BCUT2D eigenvalue weighted by molar-refractivity contribution is 6.01. The minimum Gasteiger partial charge on any atom is -0.395 e. The number of nitrogens with zero attached hydrogens (tertiary/aromatic N) is 3. The molecular formula is C20H23N3O2. The van der Waals surface area contributed by atoms with Gasteiger partial charge in [-0.05, 0) is 50.6 Å². The van der Waals surface area contributed by atoms with Crippen LogP contribution >= 0.6 is 0 Å². The summed E-state index contributed by atoms with van der Waals surface area (Å²) in [5.41, 5.74) is 5.12. The van der Waals surface area contributed by atoms with Crippen molar-refractivity contribution in [3.8, 4) is 11.8 Å². The van der Waals surface area contributed by atoms with E-state index in [1.807, 2.05) is 45.0 Å². The molecule has 1 aromatic heterocycles. The van der Waals surface area contributed by atoms with Gasteiger partial charge >= 0.3 is 0 Å². The van der Waals surface area contributed by atoms with Crippen LogP contribution in [0.5, 0.6) is 0 Å². The standard InChI is InChI=1S/C20H23N3O2/c1-14-5-7-19(8-6-14)23-15(2)11-17(16(23)3)12-18(13-21)20(25)22(4)9-10-24/h5-8,11-12,24H,9-10H2,1-4H3/b18-12+. The van der Waals surface area contributed by atoms with Gasteiger partial charge in [0.1, 0.15) is 11.6 Å². The summed E-state index contributed by atoms with van der Waals surface area (Å²) < 4.78 is 2.10. The lowest BCUT2D eigenvalue weighted by Crippen LogP contribution is -2.30. The SMILES string of the molecule is Cc1ccc(-n2c(C)cc(/C=C(\C#N)C(=O)N(C)CCO)c2C)cc1. The monoisotopic (exact) mass is 337 g/mol. The van der Waals surface area contributed by atoms with Crippen LogP contribution < -0.4 is 0 Å². The van der Waals surface area contributed by atoms with Crippen LogP contribution in [-0.2, 0) is 4.79 Å². The zero-order valence-corrected chi connectivity index (χ0v) is 15.1. The molecule has 0 radical (unpaired) electrons. The summed E-state index contributed by atoms with van der Waals surface area (Å²) in [4.78, 5) is 13.6. The van der Waals surface area contributed by atoms with E-state index in [0.29, 0.717) is 0 Å². The molecule has 0 spiro atoms. The van der Waals surface area contributed by atoms with Crippen LogP contribution in [0.3, 0.4) is 0 Å². The molecule has 0 aliphatic heterocycles. The van der Waals surface area contributed by atoms with E-state index in [9.17, 15) is 10.1 Å². The molecule has 130 valence electrons. The Morgan fingerprint density at radius 2 is 1.92 bits per heavy atom. The van der Waals surface area contributed by atoms with Gasteiger partial charge in [-0.2, -0.15) is 5.26 Å². The topological polar surface area (TPSA) is 69.3 Å². The molecule has 1 heterocycles. The van der Waals surface area contributed by atoms with Crippen molar-refractivity contribution in [1.29, 1.82) is 5.26 Å². The fraction of sp³-hybridized carbons (Fsp3) is 0.300. The first kappa shape index (κ1) is 18.5. The van der Waals surface area contributed by atoms with E-state index in [0.717, 1.165) is 22.6 Å². The number of hydrogen-bond acceptors (Lipinski definition) is 3. The molecule has 0 aliphatic rings. The van der Waals surface area contributed by atoms with Crippen LogP contribution in [0, 0.1) is 32.1 Å². The summed E-state index contributed by atoms with van der Waals surface area (Å²) in [6.07, 6.45) is 1.61. The molecule has 25 heavy (non-hydrogen) atoms. The Morgan fingerprint density at radius 3 is 2.48 bits per heavy atom. The maximum absolute atomic E-state index is 12.3. The van der Waals surface area contributed by atoms with Crippen LogP contribution in [0.4, 0.5) is 0 Å². The van der Waals surface area contributed by atoms with Gasteiger partial charge in [-0.25, -0.2) is 0 Å². The number of aryl methyl sites for hydroxylation is 2. The average Bonchev–Trinajstić information content (AvgIpc) is 2.87. The first-order valence-corrected chi connectivity index (χ1v) is 8.13. The summed E-state index contributed by atoms with van der Waals surface area (Å²) in [5, 5.41) is 18.3. The van der Waals surface area contributed by atoms with Crippen LogP contribution in [-0.4, -0.2) is 40.7 Å². The smallest absolute Gasteiger partial charge is 0.264 e. The van der Waals surface area contributed by atoms with Crippen molar-refractivity contribution in [3.05, 3.63) is 58.4 Å². The summed E-state index contributed by atoms with van der Waals surface area (Å²) in [5.74, 6) is -0.392. The summed E-state index contributed by atoms with van der Waals surface area (Å²) in [6, 6.07) is 12.1. The number of aliphatic hydroxyl groups excluding tert-OH is 1. The Balaban J connectivity index is 2.43. The zero-order chi connectivity index (χ0) is 18.6. The number of carbonyl (C=O) groups excluding carboxylic acids is 1. The maximum atomic E-state index is 12.3. The maximum Gasteiger partial charge on any atom is 0.264 e. The number of hydrogen-bond donors (Lipinski definition) is 1. The molecule has 0 saturated carbocycles. The number of rotatable bonds is 5. The van der Waals surface area contributed by atoms with Crippen LogP contribution in [0.2, 0.25) is 0 Å². The molecular weight excluding hydrogens is 314 g/mol. The quantitative estimate of drug-likeness (QED) is 0.674. The Kier molecular flexibility index (Phi) is 5.79. The normalized spacial score (nSPS) is 11.3. The predicted molar refractivity (Wildman–Crippen MR) is 98.3 cm³/mol.